The summed E-state index contributed by atoms with van der Waals surface area (Å²) in [6, 6.07) is 176. The lowest BCUT2D eigenvalue weighted by Gasteiger charge is -2.13. The number of rotatable bonds is 12. The van der Waals surface area contributed by atoms with Crippen molar-refractivity contribution in [3.63, 3.8) is 0 Å². The fourth-order valence-electron chi connectivity index (χ4n) is 21.7. The maximum Gasteiger partial charge on any atom is 0.238 e. The molecular weight excluding hydrogens is 1800 g/mol. The molecule has 668 valence electrons. The maximum atomic E-state index is 5.15. The third kappa shape index (κ3) is 14.2. The van der Waals surface area contributed by atoms with Crippen molar-refractivity contribution in [3.05, 3.63) is 491 Å². The number of fused-ring (bicyclic) bond motifs is 24. The van der Waals surface area contributed by atoms with Gasteiger partial charge in [0.25, 0.3) is 0 Å². The molecule has 0 amide bonds. The summed E-state index contributed by atoms with van der Waals surface area (Å²) in [5, 5.41) is 18.8. The molecule has 0 unspecified atom stereocenters. The summed E-state index contributed by atoms with van der Waals surface area (Å²) in [7, 11) is 0. The Kier molecular flexibility index (Phi) is 20.0. The number of para-hydroxylation sites is 5. The van der Waals surface area contributed by atoms with Gasteiger partial charge in [0.2, 0.25) is 5.95 Å². The molecule has 9 aromatic heterocycles. The molecule has 0 fully saturated rings. The van der Waals surface area contributed by atoms with Crippen LogP contribution in [0.5, 0.6) is 0 Å². The summed E-state index contributed by atoms with van der Waals surface area (Å²) < 4.78 is 17.4. The summed E-state index contributed by atoms with van der Waals surface area (Å²) in [5.74, 6) is 2.59. The van der Waals surface area contributed by atoms with Gasteiger partial charge >= 0.3 is 0 Å². The smallest absolute Gasteiger partial charge is 0.238 e. The van der Waals surface area contributed by atoms with E-state index in [2.05, 4.69) is 425 Å². The van der Waals surface area contributed by atoms with Crippen LogP contribution >= 0.6 is 34.0 Å². The molecule has 12 heteroatoms. The molecule has 30 aromatic rings. The van der Waals surface area contributed by atoms with Gasteiger partial charge < -0.3 is 13.7 Å². The van der Waals surface area contributed by atoms with Crippen LogP contribution in [0.1, 0.15) is 0 Å². The molecule has 0 spiro atoms. The second kappa shape index (κ2) is 34.5. The van der Waals surface area contributed by atoms with Crippen LogP contribution in [-0.2, 0) is 0 Å². The number of hydrogen-bond acceptors (Lipinski definition) is 8. The predicted octanol–water partition coefficient (Wildman–Crippen LogP) is 36.0. The quantitative estimate of drug-likeness (QED) is 0.122. The van der Waals surface area contributed by atoms with Gasteiger partial charge in [-0.1, -0.05) is 364 Å². The monoisotopic (exact) mass is 1880 g/mol. The Bertz CT molecular complexity index is 10300. The molecule has 0 aliphatic carbocycles. The van der Waals surface area contributed by atoms with Gasteiger partial charge in [-0.3, -0.25) is 4.57 Å². The van der Waals surface area contributed by atoms with Gasteiger partial charge in [-0.25, -0.2) is 15.0 Å². The Morgan fingerprint density at radius 2 is 0.566 bits per heavy atom. The van der Waals surface area contributed by atoms with Crippen molar-refractivity contribution in [2.24, 2.45) is 0 Å². The van der Waals surface area contributed by atoms with Crippen molar-refractivity contribution in [1.29, 1.82) is 0 Å². The summed E-state index contributed by atoms with van der Waals surface area (Å²) >= 11 is 5.63. The lowest BCUT2D eigenvalue weighted by Crippen LogP contribution is -2.06. The standard InChI is InChI=1S/C57H35N5S.C38H23N3S.C36H23NS/c1-4-15-36(16-5-1)39-21-14-22-42(31-39)61-49-25-12-10-24-44(49)46-35-54-48(34-52(46)61)47-33-41(28-30-53(47)63-54)40-27-29-51-45(32-40)43-23-11-13-26-50(43)62(51)57-59-55(37-17-6-2-7-18-37)58-56(60-57)38-19-8-3-9-20-38;1-2-11-24(12-3-1)38-39-31-18-7-4-16-29(31)36(40-38)25-13-10-14-26(23-25)41-32-19-8-5-15-27(32)28-21-22-34-35(37(28)41)30-17-6-9-20-33(30)42-34;1-3-11-24(12-4-1)26-15-9-16-27(23-26)37-31-20-8-7-17-29(31)34-32(37)21-22-33-35(34)30-19-10-18-28(36(30)38-33)25-13-5-2-6-14-25/h1-35H;1-23H;1-23H. The molecular formula is C131H81N9S3. The molecule has 0 saturated carbocycles. The van der Waals surface area contributed by atoms with Crippen molar-refractivity contribution < 1.29 is 0 Å². The Balaban J connectivity index is 0.000000109. The van der Waals surface area contributed by atoms with E-state index in [9.17, 15) is 0 Å². The van der Waals surface area contributed by atoms with Crippen LogP contribution in [0.3, 0.4) is 0 Å². The zero-order chi connectivity index (χ0) is 94.1. The summed E-state index contributed by atoms with van der Waals surface area (Å²) in [5.41, 5.74) is 28.5. The maximum absolute atomic E-state index is 5.15. The molecule has 0 saturated heterocycles. The minimum Gasteiger partial charge on any atom is -0.309 e. The number of aromatic nitrogens is 9. The normalized spacial score (nSPS) is 11.8. The van der Waals surface area contributed by atoms with Crippen molar-refractivity contribution in [3.8, 4) is 113 Å². The van der Waals surface area contributed by atoms with Crippen LogP contribution in [0.2, 0.25) is 0 Å². The molecule has 0 N–H and O–H groups in total. The fourth-order valence-corrected chi connectivity index (χ4v) is 25.1. The van der Waals surface area contributed by atoms with Gasteiger partial charge in [0.05, 0.1) is 55.3 Å². The largest absolute Gasteiger partial charge is 0.309 e. The van der Waals surface area contributed by atoms with E-state index < -0.39 is 0 Å². The van der Waals surface area contributed by atoms with Crippen molar-refractivity contribution >= 4 is 193 Å². The molecule has 9 heterocycles. The predicted molar refractivity (Wildman–Crippen MR) is 605 cm³/mol. The zero-order valence-corrected chi connectivity index (χ0v) is 79.5. The average molecular weight is 1880 g/mol. The first-order valence-electron chi connectivity index (χ1n) is 48.2. The molecule has 30 rings (SSSR count). The van der Waals surface area contributed by atoms with Crippen LogP contribution in [0.25, 0.3) is 272 Å². The minimum absolute atomic E-state index is 0.586. The van der Waals surface area contributed by atoms with Crippen LogP contribution in [-0.4, -0.2) is 43.2 Å². The van der Waals surface area contributed by atoms with E-state index in [1.54, 1.807) is 0 Å². The molecule has 0 aliphatic rings. The molecule has 0 atom stereocenters. The molecule has 21 aromatic carbocycles. The Hall–Kier alpha value is -18.2. The molecule has 0 bridgehead atoms. The van der Waals surface area contributed by atoms with Gasteiger partial charge in [0.1, 0.15) is 0 Å². The Labute approximate surface area is 833 Å². The third-order valence-corrected chi connectivity index (χ3v) is 31.6. The van der Waals surface area contributed by atoms with E-state index in [-0.39, 0.29) is 0 Å². The first-order valence-corrected chi connectivity index (χ1v) is 50.7. The third-order valence-electron chi connectivity index (χ3n) is 28.1. The molecule has 9 nitrogen and oxygen atoms in total. The highest BCUT2D eigenvalue weighted by Gasteiger charge is 2.26. The van der Waals surface area contributed by atoms with E-state index in [1.807, 2.05) is 119 Å². The summed E-state index contributed by atoms with van der Waals surface area (Å²) in [4.78, 5) is 25.3. The van der Waals surface area contributed by atoms with Crippen LogP contribution in [0.15, 0.2) is 491 Å². The van der Waals surface area contributed by atoms with Gasteiger partial charge in [-0.05, 0) is 172 Å². The summed E-state index contributed by atoms with van der Waals surface area (Å²) in [6.07, 6.45) is 0. The van der Waals surface area contributed by atoms with Gasteiger partial charge in [-0.15, -0.1) is 34.0 Å². The minimum atomic E-state index is 0.586. The average Bonchev–Trinajstić information content (AvgIpc) is 1.56. The van der Waals surface area contributed by atoms with Crippen LogP contribution in [0, 0.1) is 0 Å². The highest BCUT2D eigenvalue weighted by molar-refractivity contribution is 7.27. The van der Waals surface area contributed by atoms with E-state index in [1.165, 1.54) is 171 Å². The lowest BCUT2D eigenvalue weighted by molar-refractivity contribution is 0.953. The highest BCUT2D eigenvalue weighted by atomic mass is 32.1. The van der Waals surface area contributed by atoms with Crippen molar-refractivity contribution in [2.45, 2.75) is 0 Å². The van der Waals surface area contributed by atoms with Crippen LogP contribution in [0.4, 0.5) is 0 Å². The van der Waals surface area contributed by atoms with E-state index >= 15 is 0 Å². The first kappa shape index (κ1) is 83.0. The first-order chi connectivity index (χ1) is 70.9. The summed E-state index contributed by atoms with van der Waals surface area (Å²) in [6.45, 7) is 0. The highest BCUT2D eigenvalue weighted by Crippen LogP contribution is 2.50. The second-order valence-corrected chi connectivity index (χ2v) is 39.6. The van der Waals surface area contributed by atoms with Gasteiger partial charge in [0.15, 0.2) is 17.5 Å². The van der Waals surface area contributed by atoms with Crippen LogP contribution < -0.4 is 0 Å². The zero-order valence-electron chi connectivity index (χ0n) is 77.0. The number of hydrogen-bond donors (Lipinski definition) is 0. The Morgan fingerprint density at radius 3 is 1.20 bits per heavy atom. The van der Waals surface area contributed by atoms with Gasteiger partial charge in [-0.2, -0.15) is 9.97 Å². The second-order valence-electron chi connectivity index (χ2n) is 36.4. The fraction of sp³-hybridized carbons (Fsp3) is 0. The topological polar surface area (TPSA) is 84.2 Å². The van der Waals surface area contributed by atoms with E-state index in [4.69, 9.17) is 24.9 Å². The number of thiophene rings is 3. The molecule has 143 heavy (non-hydrogen) atoms. The number of nitrogens with zero attached hydrogens (tertiary/aromatic N) is 9. The Morgan fingerprint density at radius 1 is 0.168 bits per heavy atom. The van der Waals surface area contributed by atoms with Crippen molar-refractivity contribution in [1.82, 2.24) is 43.2 Å². The lowest BCUT2D eigenvalue weighted by atomic mass is 10.0. The van der Waals surface area contributed by atoms with E-state index in [0.29, 0.717) is 17.6 Å². The SMILES string of the molecule is c1ccc(-c2cccc(-n3c4ccccc4c4c5c(ccc43)sc3c(-c4ccccc4)cccc35)c2)cc1.c1ccc(-c2cccc(-n3c4ccccc4c4cc5sc6ccc(-c7ccc8c(c7)c7ccccc7n8-c7nc(-c8ccccc8)nc(-c8ccccc8)n7)cc6c5cc43)c2)cc1.c1ccc(-c2nc(-c3cccc(-n4c5ccccc5c5ccc6sc7ccccc7c6c54)c3)c3ccccc3n2)cc1. The van der Waals surface area contributed by atoms with Crippen molar-refractivity contribution in [2.75, 3.05) is 0 Å². The molecule has 0 radical (unpaired) electrons. The van der Waals surface area contributed by atoms with E-state index in [0.717, 1.165) is 83.4 Å². The molecule has 0 aliphatic heterocycles. The number of benzene rings is 21. The van der Waals surface area contributed by atoms with Gasteiger partial charge in [0, 0.05) is 148 Å².